The molecule has 3 N–H and O–H groups in total. The molecule has 0 bridgehead atoms. The Labute approximate surface area is 91.2 Å². The quantitative estimate of drug-likeness (QED) is 0.692. The van der Waals surface area contributed by atoms with Crippen molar-refractivity contribution in [2.45, 2.75) is 44.2 Å². The number of nitrogens with two attached hydrogens (primary N) is 1. The fourth-order valence-corrected chi connectivity index (χ4v) is 2.22. The summed E-state index contributed by atoms with van der Waals surface area (Å²) in [6.07, 6.45) is 5.92. The van der Waals surface area contributed by atoms with Gasteiger partial charge in [0.15, 0.2) is 0 Å². The lowest BCUT2D eigenvalue weighted by Gasteiger charge is -2.34. The van der Waals surface area contributed by atoms with Crippen molar-refractivity contribution in [2.24, 2.45) is 5.73 Å². The Balaban J connectivity index is 1.76. The van der Waals surface area contributed by atoms with Crippen LogP contribution in [0.25, 0.3) is 0 Å². The SMILES string of the molecule is NCC1CCCCN1CC(=O)NC1CC1. The zero-order chi connectivity index (χ0) is 10.7. The van der Waals surface area contributed by atoms with Crippen LogP contribution in [0.3, 0.4) is 0 Å². The predicted molar refractivity (Wildman–Crippen MR) is 59.4 cm³/mol. The van der Waals surface area contributed by atoms with E-state index in [1.165, 1.54) is 12.8 Å². The van der Waals surface area contributed by atoms with Gasteiger partial charge < -0.3 is 11.1 Å². The number of nitrogens with zero attached hydrogens (tertiary/aromatic N) is 1. The summed E-state index contributed by atoms with van der Waals surface area (Å²) >= 11 is 0. The van der Waals surface area contributed by atoms with Crippen LogP contribution in [0, 0.1) is 0 Å². The number of hydrogen-bond donors (Lipinski definition) is 2. The molecule has 4 nitrogen and oxygen atoms in total. The molecule has 0 aromatic rings. The highest BCUT2D eigenvalue weighted by Gasteiger charge is 2.26. The number of piperidine rings is 1. The highest BCUT2D eigenvalue weighted by molar-refractivity contribution is 5.78. The highest BCUT2D eigenvalue weighted by atomic mass is 16.2. The van der Waals surface area contributed by atoms with E-state index in [0.29, 0.717) is 25.2 Å². The average molecular weight is 211 g/mol. The first-order valence-corrected chi connectivity index (χ1v) is 6.03. The van der Waals surface area contributed by atoms with Gasteiger partial charge in [-0.25, -0.2) is 0 Å². The van der Waals surface area contributed by atoms with Gasteiger partial charge in [0.2, 0.25) is 5.91 Å². The van der Waals surface area contributed by atoms with Crippen molar-refractivity contribution in [3.8, 4) is 0 Å². The molecule has 2 fully saturated rings. The molecule has 1 heterocycles. The van der Waals surface area contributed by atoms with Crippen LogP contribution in [-0.2, 0) is 4.79 Å². The van der Waals surface area contributed by atoms with Crippen molar-refractivity contribution >= 4 is 5.91 Å². The molecule has 1 aliphatic heterocycles. The van der Waals surface area contributed by atoms with Gasteiger partial charge in [-0.05, 0) is 32.2 Å². The Morgan fingerprint density at radius 3 is 2.80 bits per heavy atom. The fourth-order valence-electron chi connectivity index (χ4n) is 2.22. The smallest absolute Gasteiger partial charge is 0.234 e. The fraction of sp³-hybridized carbons (Fsp3) is 0.909. The molecule has 1 aliphatic carbocycles. The summed E-state index contributed by atoms with van der Waals surface area (Å²) in [5.74, 6) is 0.179. The summed E-state index contributed by atoms with van der Waals surface area (Å²) < 4.78 is 0. The first-order valence-electron chi connectivity index (χ1n) is 6.03. The van der Waals surface area contributed by atoms with E-state index >= 15 is 0 Å². The maximum Gasteiger partial charge on any atom is 0.234 e. The van der Waals surface area contributed by atoms with E-state index in [-0.39, 0.29) is 5.91 Å². The molecule has 4 heteroatoms. The molecule has 0 radical (unpaired) electrons. The Kier molecular flexibility index (Phi) is 3.59. The lowest BCUT2D eigenvalue weighted by Crippen LogP contribution is -2.48. The van der Waals surface area contributed by atoms with E-state index in [0.717, 1.165) is 25.8 Å². The first-order chi connectivity index (χ1) is 7.29. The molecule has 1 atom stereocenters. The summed E-state index contributed by atoms with van der Waals surface area (Å²) in [5, 5.41) is 3.02. The van der Waals surface area contributed by atoms with E-state index in [2.05, 4.69) is 10.2 Å². The Hall–Kier alpha value is -0.610. The molecule has 1 saturated heterocycles. The standard InChI is InChI=1S/C11H21N3O/c12-7-10-3-1-2-6-14(10)8-11(15)13-9-4-5-9/h9-10H,1-8,12H2,(H,13,15). The molecule has 2 aliphatic rings. The van der Waals surface area contributed by atoms with Gasteiger partial charge in [0.05, 0.1) is 6.54 Å². The van der Waals surface area contributed by atoms with Crippen LogP contribution in [0.5, 0.6) is 0 Å². The molecular formula is C11H21N3O. The number of rotatable bonds is 4. The van der Waals surface area contributed by atoms with Crippen molar-refractivity contribution < 1.29 is 4.79 Å². The van der Waals surface area contributed by atoms with Crippen molar-refractivity contribution in [1.29, 1.82) is 0 Å². The van der Waals surface area contributed by atoms with E-state index < -0.39 is 0 Å². The average Bonchev–Trinajstić information content (AvgIpc) is 3.02. The monoisotopic (exact) mass is 211 g/mol. The van der Waals surface area contributed by atoms with Crippen molar-refractivity contribution in [3.05, 3.63) is 0 Å². The van der Waals surface area contributed by atoms with Crippen LogP contribution in [0.1, 0.15) is 32.1 Å². The Morgan fingerprint density at radius 2 is 2.13 bits per heavy atom. The highest BCUT2D eigenvalue weighted by Crippen LogP contribution is 2.19. The minimum atomic E-state index is 0.179. The molecule has 1 saturated carbocycles. The molecule has 15 heavy (non-hydrogen) atoms. The lowest BCUT2D eigenvalue weighted by atomic mass is 10.0. The largest absolute Gasteiger partial charge is 0.352 e. The van der Waals surface area contributed by atoms with E-state index in [9.17, 15) is 4.79 Å². The van der Waals surface area contributed by atoms with Gasteiger partial charge in [-0.3, -0.25) is 9.69 Å². The van der Waals surface area contributed by atoms with Crippen LogP contribution in [0.2, 0.25) is 0 Å². The first kappa shape index (κ1) is 10.9. The third kappa shape index (κ3) is 3.18. The van der Waals surface area contributed by atoms with Gasteiger partial charge in [0.1, 0.15) is 0 Å². The van der Waals surface area contributed by atoms with Gasteiger partial charge in [-0.1, -0.05) is 6.42 Å². The maximum atomic E-state index is 11.6. The van der Waals surface area contributed by atoms with E-state index in [4.69, 9.17) is 5.73 Å². The minimum Gasteiger partial charge on any atom is -0.352 e. The summed E-state index contributed by atoms with van der Waals surface area (Å²) in [7, 11) is 0. The molecule has 1 unspecified atom stereocenters. The zero-order valence-electron chi connectivity index (χ0n) is 9.24. The second-order valence-electron chi connectivity index (χ2n) is 4.70. The van der Waals surface area contributed by atoms with Gasteiger partial charge in [-0.15, -0.1) is 0 Å². The van der Waals surface area contributed by atoms with Crippen molar-refractivity contribution in [1.82, 2.24) is 10.2 Å². The number of amides is 1. The second-order valence-corrected chi connectivity index (χ2v) is 4.70. The molecular weight excluding hydrogens is 190 g/mol. The van der Waals surface area contributed by atoms with Gasteiger partial charge >= 0.3 is 0 Å². The molecule has 0 aromatic carbocycles. The number of hydrogen-bond acceptors (Lipinski definition) is 3. The van der Waals surface area contributed by atoms with E-state index in [1.54, 1.807) is 0 Å². The summed E-state index contributed by atoms with van der Waals surface area (Å²) in [6.45, 7) is 2.25. The van der Waals surface area contributed by atoms with Crippen LogP contribution < -0.4 is 11.1 Å². The van der Waals surface area contributed by atoms with Crippen LogP contribution in [0.15, 0.2) is 0 Å². The molecule has 0 aromatic heterocycles. The van der Waals surface area contributed by atoms with Crippen LogP contribution >= 0.6 is 0 Å². The zero-order valence-corrected chi connectivity index (χ0v) is 9.24. The summed E-state index contributed by atoms with van der Waals surface area (Å²) in [4.78, 5) is 13.9. The Morgan fingerprint density at radius 1 is 1.33 bits per heavy atom. The second kappa shape index (κ2) is 4.94. The molecule has 86 valence electrons. The predicted octanol–water partition coefficient (Wildman–Crippen LogP) is 0.0782. The molecule has 0 spiro atoms. The van der Waals surface area contributed by atoms with Crippen LogP contribution in [-0.4, -0.2) is 42.5 Å². The normalized spacial score (nSPS) is 27.7. The molecule has 1 amide bonds. The number of likely N-dealkylation sites (tertiary alicyclic amines) is 1. The lowest BCUT2D eigenvalue weighted by molar-refractivity contribution is -0.123. The van der Waals surface area contributed by atoms with E-state index in [1.807, 2.05) is 0 Å². The number of nitrogens with one attached hydrogen (secondary N) is 1. The number of carbonyl (C=O) groups excluding carboxylic acids is 1. The number of carbonyl (C=O) groups is 1. The van der Waals surface area contributed by atoms with Gasteiger partial charge in [-0.2, -0.15) is 0 Å². The minimum absolute atomic E-state index is 0.179. The van der Waals surface area contributed by atoms with Crippen molar-refractivity contribution in [3.63, 3.8) is 0 Å². The third-order valence-corrected chi connectivity index (χ3v) is 3.31. The third-order valence-electron chi connectivity index (χ3n) is 3.31. The van der Waals surface area contributed by atoms with Crippen molar-refractivity contribution in [2.75, 3.05) is 19.6 Å². The Bertz CT molecular complexity index is 228. The van der Waals surface area contributed by atoms with Gasteiger partial charge in [0.25, 0.3) is 0 Å². The topological polar surface area (TPSA) is 58.4 Å². The van der Waals surface area contributed by atoms with Crippen LogP contribution in [0.4, 0.5) is 0 Å². The maximum absolute atomic E-state index is 11.6. The summed E-state index contributed by atoms with van der Waals surface area (Å²) in [5.41, 5.74) is 5.71. The molecule has 2 rings (SSSR count). The summed E-state index contributed by atoms with van der Waals surface area (Å²) in [6, 6.07) is 0.891. The van der Waals surface area contributed by atoms with Gasteiger partial charge in [0, 0.05) is 18.6 Å².